The van der Waals surface area contributed by atoms with Crippen molar-refractivity contribution in [3.8, 4) is 5.75 Å². The molecule has 6 nitrogen and oxygen atoms in total. The number of aryl methyl sites for hydroxylation is 1. The minimum atomic E-state index is -0.434. The van der Waals surface area contributed by atoms with Gasteiger partial charge in [-0.2, -0.15) is 0 Å². The van der Waals surface area contributed by atoms with Gasteiger partial charge in [-0.3, -0.25) is 10.1 Å². The molecule has 0 bridgehead atoms. The Morgan fingerprint density at radius 1 is 1.35 bits per heavy atom. The summed E-state index contributed by atoms with van der Waals surface area (Å²) in [5.74, 6) is 1.08. The van der Waals surface area contributed by atoms with Gasteiger partial charge >= 0.3 is 5.69 Å². The van der Waals surface area contributed by atoms with Crippen molar-refractivity contribution in [3.05, 3.63) is 57.8 Å². The number of benzene rings is 1. The molecule has 1 N–H and O–H groups in total. The predicted octanol–water partition coefficient (Wildman–Crippen LogP) is 2.84. The first-order chi connectivity index (χ1) is 9.65. The Morgan fingerprint density at radius 2 is 2.15 bits per heavy atom. The van der Waals surface area contributed by atoms with E-state index < -0.39 is 4.92 Å². The molecule has 20 heavy (non-hydrogen) atoms. The molecule has 0 aliphatic carbocycles. The largest absolute Gasteiger partial charge is 0.491 e. The number of anilines is 1. The molecule has 2 heterocycles. The Hall–Kier alpha value is -2.63. The smallest absolute Gasteiger partial charge is 0.311 e. The molecule has 0 saturated heterocycles. The Bertz CT molecular complexity index is 672. The van der Waals surface area contributed by atoms with Crippen LogP contribution in [0.25, 0.3) is 0 Å². The molecule has 1 atom stereocenters. The van der Waals surface area contributed by atoms with Crippen LogP contribution in [0.2, 0.25) is 0 Å². The highest BCUT2D eigenvalue weighted by atomic mass is 16.6. The van der Waals surface area contributed by atoms with Crippen molar-refractivity contribution in [2.24, 2.45) is 0 Å². The molecule has 1 aliphatic rings. The van der Waals surface area contributed by atoms with E-state index in [-0.39, 0.29) is 17.5 Å². The van der Waals surface area contributed by atoms with Crippen LogP contribution in [0.15, 0.2) is 36.4 Å². The summed E-state index contributed by atoms with van der Waals surface area (Å²) in [6, 6.07) is 10.6. The molecule has 3 rings (SSSR count). The SMILES string of the molecule is Cc1ccc([N+](=O)[O-])c(NC2COc3ccccc32)n1. The molecular formula is C14H13N3O3. The van der Waals surface area contributed by atoms with Crippen LogP contribution in [-0.4, -0.2) is 16.5 Å². The summed E-state index contributed by atoms with van der Waals surface area (Å²) in [6.45, 7) is 2.24. The van der Waals surface area contributed by atoms with Gasteiger partial charge in [0, 0.05) is 17.3 Å². The summed E-state index contributed by atoms with van der Waals surface area (Å²) in [7, 11) is 0. The lowest BCUT2D eigenvalue weighted by Crippen LogP contribution is -2.14. The summed E-state index contributed by atoms with van der Waals surface area (Å²) in [5, 5.41) is 14.2. The maximum atomic E-state index is 11.0. The van der Waals surface area contributed by atoms with E-state index in [0.717, 1.165) is 17.0 Å². The minimum absolute atomic E-state index is 0.0278. The van der Waals surface area contributed by atoms with Gasteiger partial charge in [-0.15, -0.1) is 0 Å². The second kappa shape index (κ2) is 4.80. The minimum Gasteiger partial charge on any atom is -0.491 e. The standard InChI is InChI=1S/C14H13N3O3/c1-9-6-7-12(17(18)19)14(15-9)16-11-8-20-13-5-3-2-4-10(11)13/h2-7,11H,8H2,1H3,(H,15,16). The summed E-state index contributed by atoms with van der Waals surface area (Å²) < 4.78 is 5.55. The van der Waals surface area contributed by atoms with Crippen LogP contribution < -0.4 is 10.1 Å². The number of nitro groups is 1. The Labute approximate surface area is 115 Å². The molecule has 102 valence electrons. The first-order valence-electron chi connectivity index (χ1n) is 6.25. The Kier molecular flexibility index (Phi) is 2.98. The van der Waals surface area contributed by atoms with Crippen LogP contribution in [-0.2, 0) is 0 Å². The van der Waals surface area contributed by atoms with Crippen molar-refractivity contribution in [1.29, 1.82) is 0 Å². The van der Waals surface area contributed by atoms with E-state index in [1.165, 1.54) is 6.07 Å². The number of hydrogen-bond donors (Lipinski definition) is 1. The monoisotopic (exact) mass is 271 g/mol. The molecule has 0 amide bonds. The van der Waals surface area contributed by atoms with Gasteiger partial charge in [0.15, 0.2) is 0 Å². The Morgan fingerprint density at radius 3 is 2.95 bits per heavy atom. The van der Waals surface area contributed by atoms with Gasteiger partial charge in [0.05, 0.1) is 11.0 Å². The van der Waals surface area contributed by atoms with E-state index in [1.807, 2.05) is 24.3 Å². The van der Waals surface area contributed by atoms with E-state index in [1.54, 1.807) is 13.0 Å². The van der Waals surface area contributed by atoms with E-state index in [0.29, 0.717) is 6.61 Å². The third-order valence-corrected chi connectivity index (χ3v) is 3.22. The highest BCUT2D eigenvalue weighted by Gasteiger charge is 2.26. The zero-order valence-corrected chi connectivity index (χ0v) is 10.9. The lowest BCUT2D eigenvalue weighted by Gasteiger charge is -2.12. The molecule has 0 radical (unpaired) electrons. The fourth-order valence-corrected chi connectivity index (χ4v) is 2.25. The molecule has 0 spiro atoms. The number of nitrogens with zero attached hydrogens (tertiary/aromatic N) is 2. The summed E-state index contributed by atoms with van der Waals surface area (Å²) in [4.78, 5) is 14.8. The van der Waals surface area contributed by atoms with Crippen molar-refractivity contribution < 1.29 is 9.66 Å². The first-order valence-corrected chi connectivity index (χ1v) is 6.25. The fourth-order valence-electron chi connectivity index (χ4n) is 2.25. The molecule has 0 fully saturated rings. The molecule has 1 unspecified atom stereocenters. The Balaban J connectivity index is 1.93. The molecule has 1 aromatic carbocycles. The van der Waals surface area contributed by atoms with E-state index >= 15 is 0 Å². The van der Waals surface area contributed by atoms with E-state index in [4.69, 9.17) is 4.74 Å². The highest BCUT2D eigenvalue weighted by molar-refractivity contribution is 5.58. The van der Waals surface area contributed by atoms with Gasteiger partial charge in [-0.05, 0) is 19.1 Å². The number of pyridine rings is 1. The molecule has 2 aromatic rings. The van der Waals surface area contributed by atoms with Gasteiger partial charge in [0.2, 0.25) is 5.82 Å². The zero-order chi connectivity index (χ0) is 14.1. The lowest BCUT2D eigenvalue weighted by molar-refractivity contribution is -0.384. The average Bonchev–Trinajstić information content (AvgIpc) is 2.82. The molecule has 1 aliphatic heterocycles. The number of aromatic nitrogens is 1. The topological polar surface area (TPSA) is 77.3 Å². The number of para-hydroxylation sites is 1. The third kappa shape index (κ3) is 2.16. The normalized spacial score (nSPS) is 16.4. The van der Waals surface area contributed by atoms with Crippen LogP contribution in [0.3, 0.4) is 0 Å². The van der Waals surface area contributed by atoms with Crippen molar-refractivity contribution in [1.82, 2.24) is 4.98 Å². The molecular weight excluding hydrogens is 258 g/mol. The van der Waals surface area contributed by atoms with E-state index in [9.17, 15) is 10.1 Å². The second-order valence-electron chi connectivity index (χ2n) is 4.62. The number of nitrogens with one attached hydrogen (secondary N) is 1. The summed E-state index contributed by atoms with van der Waals surface area (Å²) >= 11 is 0. The summed E-state index contributed by atoms with van der Waals surface area (Å²) in [5.41, 5.74) is 1.69. The van der Waals surface area contributed by atoms with Crippen molar-refractivity contribution in [3.63, 3.8) is 0 Å². The first kappa shape index (κ1) is 12.4. The number of rotatable bonds is 3. The van der Waals surface area contributed by atoms with Crippen LogP contribution in [0, 0.1) is 17.0 Å². The average molecular weight is 271 g/mol. The van der Waals surface area contributed by atoms with Crippen LogP contribution in [0.5, 0.6) is 5.75 Å². The maximum Gasteiger partial charge on any atom is 0.311 e. The fraction of sp³-hybridized carbons (Fsp3) is 0.214. The van der Waals surface area contributed by atoms with Gasteiger partial charge in [0.1, 0.15) is 12.4 Å². The third-order valence-electron chi connectivity index (χ3n) is 3.22. The van der Waals surface area contributed by atoms with Crippen LogP contribution in [0.4, 0.5) is 11.5 Å². The predicted molar refractivity (Wildman–Crippen MR) is 73.9 cm³/mol. The zero-order valence-electron chi connectivity index (χ0n) is 10.9. The van der Waals surface area contributed by atoms with Gasteiger partial charge in [-0.1, -0.05) is 18.2 Å². The van der Waals surface area contributed by atoms with E-state index in [2.05, 4.69) is 10.3 Å². The molecule has 1 aromatic heterocycles. The van der Waals surface area contributed by atoms with Crippen molar-refractivity contribution >= 4 is 11.5 Å². The van der Waals surface area contributed by atoms with Gasteiger partial charge in [0.25, 0.3) is 0 Å². The van der Waals surface area contributed by atoms with Gasteiger partial charge < -0.3 is 10.1 Å². The maximum absolute atomic E-state index is 11.0. The highest BCUT2D eigenvalue weighted by Crippen LogP contribution is 2.35. The molecule has 0 saturated carbocycles. The van der Waals surface area contributed by atoms with Crippen molar-refractivity contribution in [2.75, 3.05) is 11.9 Å². The second-order valence-corrected chi connectivity index (χ2v) is 4.62. The molecule has 6 heteroatoms. The van der Waals surface area contributed by atoms with Crippen LogP contribution in [0.1, 0.15) is 17.3 Å². The van der Waals surface area contributed by atoms with Gasteiger partial charge in [-0.25, -0.2) is 4.98 Å². The number of ether oxygens (including phenoxy) is 1. The summed E-state index contributed by atoms with van der Waals surface area (Å²) in [6.07, 6.45) is 0. The van der Waals surface area contributed by atoms with Crippen molar-refractivity contribution in [2.45, 2.75) is 13.0 Å². The van der Waals surface area contributed by atoms with Crippen LogP contribution >= 0.6 is 0 Å². The number of hydrogen-bond acceptors (Lipinski definition) is 5. The number of fused-ring (bicyclic) bond motifs is 1. The quantitative estimate of drug-likeness (QED) is 0.686. The lowest BCUT2D eigenvalue weighted by atomic mass is 10.1.